The van der Waals surface area contributed by atoms with Gasteiger partial charge in [-0.15, -0.1) is 24.2 Å². The van der Waals surface area contributed by atoms with Crippen LogP contribution in [0.2, 0.25) is 0 Å². The van der Waals surface area contributed by atoms with Gasteiger partial charge in [0.1, 0.15) is 11.4 Å². The number of hydrogen-bond acceptors (Lipinski definition) is 7. The molecule has 0 saturated heterocycles. The van der Waals surface area contributed by atoms with Crippen LogP contribution in [0.5, 0.6) is 5.75 Å². The van der Waals surface area contributed by atoms with Crippen LogP contribution in [0.15, 0.2) is 52.3 Å². The molecule has 0 heterocycles. The second-order valence-electron chi connectivity index (χ2n) is 4.91. The number of anilines is 1. The second-order valence-corrected chi connectivity index (χ2v) is 7.61. The third-order valence-corrected chi connectivity index (χ3v) is 5.21. The van der Waals surface area contributed by atoms with E-state index in [-0.39, 0.29) is 28.7 Å². The SMILES string of the molecule is COc1ccccc1SCCNc1ccc(S(N)(=O)=O)cc1[N+](=O)[O-].Cl. The van der Waals surface area contributed by atoms with Crippen molar-refractivity contribution in [1.82, 2.24) is 0 Å². The number of rotatable bonds is 8. The van der Waals surface area contributed by atoms with E-state index in [4.69, 9.17) is 9.88 Å². The number of nitro groups is 1. The predicted molar refractivity (Wildman–Crippen MR) is 104 cm³/mol. The van der Waals surface area contributed by atoms with Gasteiger partial charge >= 0.3 is 0 Å². The van der Waals surface area contributed by atoms with Crippen LogP contribution < -0.4 is 15.2 Å². The van der Waals surface area contributed by atoms with E-state index < -0.39 is 14.9 Å². The molecule has 0 aliphatic rings. The molecule has 0 aromatic heterocycles. The van der Waals surface area contributed by atoms with E-state index in [0.29, 0.717) is 12.3 Å². The van der Waals surface area contributed by atoms with Crippen molar-refractivity contribution in [2.45, 2.75) is 9.79 Å². The highest BCUT2D eigenvalue weighted by Crippen LogP contribution is 2.30. The van der Waals surface area contributed by atoms with Gasteiger partial charge in [-0.1, -0.05) is 12.1 Å². The van der Waals surface area contributed by atoms with Crippen molar-refractivity contribution in [3.63, 3.8) is 0 Å². The molecule has 11 heteroatoms. The number of para-hydroxylation sites is 1. The molecule has 0 amide bonds. The molecule has 2 aromatic rings. The second kappa shape index (κ2) is 9.62. The molecule has 0 atom stereocenters. The number of nitrogens with two attached hydrogens (primary N) is 1. The van der Waals surface area contributed by atoms with Crippen LogP contribution in [-0.2, 0) is 10.0 Å². The third kappa shape index (κ3) is 5.77. The molecule has 142 valence electrons. The maximum atomic E-state index is 11.3. The zero-order valence-electron chi connectivity index (χ0n) is 13.7. The van der Waals surface area contributed by atoms with Crippen molar-refractivity contribution in [3.05, 3.63) is 52.6 Å². The lowest BCUT2D eigenvalue weighted by molar-refractivity contribution is -0.384. The summed E-state index contributed by atoms with van der Waals surface area (Å²) >= 11 is 1.54. The lowest BCUT2D eigenvalue weighted by atomic mass is 10.2. The normalized spacial score (nSPS) is 10.7. The summed E-state index contributed by atoms with van der Waals surface area (Å²) in [6.45, 7) is 0.443. The molecule has 26 heavy (non-hydrogen) atoms. The summed E-state index contributed by atoms with van der Waals surface area (Å²) in [5.74, 6) is 1.39. The Labute approximate surface area is 161 Å². The lowest BCUT2D eigenvalue weighted by Gasteiger charge is -2.10. The van der Waals surface area contributed by atoms with Crippen LogP contribution in [0.25, 0.3) is 0 Å². The molecule has 2 rings (SSSR count). The van der Waals surface area contributed by atoms with Crippen LogP contribution in [-0.4, -0.2) is 32.7 Å². The van der Waals surface area contributed by atoms with E-state index in [1.807, 2.05) is 24.3 Å². The van der Waals surface area contributed by atoms with Crippen molar-refractivity contribution in [2.24, 2.45) is 5.14 Å². The zero-order chi connectivity index (χ0) is 18.4. The van der Waals surface area contributed by atoms with Crippen molar-refractivity contribution < 1.29 is 18.1 Å². The summed E-state index contributed by atoms with van der Waals surface area (Å²) in [4.78, 5) is 11.2. The van der Waals surface area contributed by atoms with Gasteiger partial charge in [0.25, 0.3) is 5.69 Å². The first-order valence-corrected chi connectivity index (χ1v) is 9.67. The first kappa shape index (κ1) is 22.0. The summed E-state index contributed by atoms with van der Waals surface area (Å²) in [7, 11) is -2.40. The minimum atomic E-state index is -3.99. The smallest absolute Gasteiger partial charge is 0.293 e. The molecule has 8 nitrogen and oxygen atoms in total. The van der Waals surface area contributed by atoms with Gasteiger partial charge in [0.2, 0.25) is 10.0 Å². The van der Waals surface area contributed by atoms with E-state index in [1.165, 1.54) is 23.9 Å². The van der Waals surface area contributed by atoms with Crippen LogP contribution >= 0.6 is 24.2 Å². The number of nitrogens with zero attached hydrogens (tertiary/aromatic N) is 1. The molecular formula is C15H18ClN3O5S2. The summed E-state index contributed by atoms with van der Waals surface area (Å²) in [6, 6.07) is 11.1. The molecule has 0 radical (unpaired) electrons. The summed E-state index contributed by atoms with van der Waals surface area (Å²) < 4.78 is 27.9. The molecule has 0 bridgehead atoms. The Morgan fingerprint density at radius 3 is 2.58 bits per heavy atom. The monoisotopic (exact) mass is 419 g/mol. The lowest BCUT2D eigenvalue weighted by Crippen LogP contribution is -2.13. The highest BCUT2D eigenvalue weighted by Gasteiger charge is 2.18. The predicted octanol–water partition coefficient (Wildman–Crippen LogP) is 2.88. The molecule has 0 saturated carbocycles. The molecule has 0 aliphatic heterocycles. The number of benzene rings is 2. The maximum absolute atomic E-state index is 11.3. The average molecular weight is 420 g/mol. The Bertz CT molecular complexity index is 877. The number of hydrogen-bond donors (Lipinski definition) is 2. The van der Waals surface area contributed by atoms with E-state index in [1.54, 1.807) is 7.11 Å². The van der Waals surface area contributed by atoms with Gasteiger partial charge in [-0.05, 0) is 24.3 Å². The Balaban J connectivity index is 0.00000338. The van der Waals surface area contributed by atoms with E-state index in [2.05, 4.69) is 5.32 Å². The summed E-state index contributed by atoms with van der Waals surface area (Å²) in [5.41, 5.74) is -0.105. The standard InChI is InChI=1S/C15H17N3O5S2.ClH/c1-23-14-4-2-3-5-15(14)24-9-8-17-12-7-6-11(25(16,21)22)10-13(12)18(19)20;/h2-7,10,17H,8-9H2,1H3,(H2,16,21,22);1H. The van der Waals surface area contributed by atoms with Crippen molar-refractivity contribution >= 4 is 45.6 Å². The zero-order valence-corrected chi connectivity index (χ0v) is 16.2. The quantitative estimate of drug-likeness (QED) is 0.291. The molecule has 0 fully saturated rings. The Morgan fingerprint density at radius 1 is 1.27 bits per heavy atom. The third-order valence-electron chi connectivity index (χ3n) is 3.24. The summed E-state index contributed by atoms with van der Waals surface area (Å²) in [5, 5.41) is 19.1. The number of ether oxygens (including phenoxy) is 1. The number of nitro benzene ring substituents is 1. The number of primary sulfonamides is 1. The van der Waals surface area contributed by atoms with Gasteiger partial charge in [-0.2, -0.15) is 0 Å². The molecule has 0 unspecified atom stereocenters. The van der Waals surface area contributed by atoms with Crippen LogP contribution in [0.3, 0.4) is 0 Å². The van der Waals surface area contributed by atoms with Crippen molar-refractivity contribution in [2.75, 3.05) is 24.7 Å². The molecule has 2 aromatic carbocycles. The van der Waals surface area contributed by atoms with Crippen LogP contribution in [0, 0.1) is 10.1 Å². The van der Waals surface area contributed by atoms with E-state index in [9.17, 15) is 18.5 Å². The van der Waals surface area contributed by atoms with Gasteiger partial charge in [0.15, 0.2) is 0 Å². The van der Waals surface area contributed by atoms with Gasteiger partial charge in [-0.3, -0.25) is 10.1 Å². The molecule has 0 spiro atoms. The Hall–Kier alpha value is -2.01. The first-order chi connectivity index (χ1) is 11.8. The van der Waals surface area contributed by atoms with Crippen molar-refractivity contribution in [3.8, 4) is 5.75 Å². The average Bonchev–Trinajstić information content (AvgIpc) is 2.58. The van der Waals surface area contributed by atoms with Crippen LogP contribution in [0.1, 0.15) is 0 Å². The molecular weight excluding hydrogens is 402 g/mol. The first-order valence-electron chi connectivity index (χ1n) is 7.14. The minimum absolute atomic E-state index is 0. The Morgan fingerprint density at radius 2 is 1.96 bits per heavy atom. The summed E-state index contributed by atoms with van der Waals surface area (Å²) in [6.07, 6.45) is 0. The van der Waals surface area contributed by atoms with Gasteiger partial charge < -0.3 is 10.1 Å². The fourth-order valence-electron chi connectivity index (χ4n) is 2.07. The number of methoxy groups -OCH3 is 1. The highest BCUT2D eigenvalue weighted by molar-refractivity contribution is 7.99. The fourth-order valence-corrected chi connectivity index (χ4v) is 3.50. The molecule has 0 aliphatic carbocycles. The Kier molecular flexibility index (Phi) is 8.15. The maximum Gasteiger partial charge on any atom is 0.293 e. The molecule has 3 N–H and O–H groups in total. The van der Waals surface area contributed by atoms with Gasteiger partial charge in [0, 0.05) is 23.3 Å². The van der Waals surface area contributed by atoms with Gasteiger partial charge in [0.05, 0.1) is 16.9 Å². The largest absolute Gasteiger partial charge is 0.496 e. The van der Waals surface area contributed by atoms with Gasteiger partial charge in [-0.25, -0.2) is 13.6 Å². The van der Waals surface area contributed by atoms with E-state index >= 15 is 0 Å². The fraction of sp³-hybridized carbons (Fsp3) is 0.200. The number of thioether (sulfide) groups is 1. The topological polar surface area (TPSA) is 125 Å². The number of sulfonamides is 1. The highest BCUT2D eigenvalue weighted by atomic mass is 35.5. The van der Waals surface area contributed by atoms with Crippen LogP contribution in [0.4, 0.5) is 11.4 Å². The van der Waals surface area contributed by atoms with Crippen molar-refractivity contribution in [1.29, 1.82) is 0 Å². The minimum Gasteiger partial charge on any atom is -0.496 e. The van der Waals surface area contributed by atoms with E-state index in [0.717, 1.165) is 16.7 Å². The number of nitrogens with one attached hydrogen (secondary N) is 1. The number of halogens is 1.